The molecule has 0 aliphatic carbocycles. The summed E-state index contributed by atoms with van der Waals surface area (Å²) in [5, 5.41) is 0. The van der Waals surface area contributed by atoms with E-state index in [1.165, 1.54) is 38.5 Å². The summed E-state index contributed by atoms with van der Waals surface area (Å²) in [6.45, 7) is 9.11. The van der Waals surface area contributed by atoms with Crippen molar-refractivity contribution < 1.29 is 20.4 Å². The van der Waals surface area contributed by atoms with Crippen LogP contribution < -0.4 is 0 Å². The second-order valence-corrected chi connectivity index (χ2v) is 4.18. The fourth-order valence-corrected chi connectivity index (χ4v) is 1.34. The van der Waals surface area contributed by atoms with Gasteiger partial charge in [-0.15, -0.1) is 0 Å². The van der Waals surface area contributed by atoms with Crippen molar-refractivity contribution in [2.24, 2.45) is 5.92 Å². The summed E-state index contributed by atoms with van der Waals surface area (Å²) >= 11 is 0. The topological polar surface area (TPSA) is 0 Å². The molecule has 1 heteroatoms. The van der Waals surface area contributed by atoms with E-state index in [-0.39, 0.29) is 20.4 Å². The SMILES string of the molecule is CCCCCCCC(C)[C-](C)C.[Re]. The Kier molecular flexibility index (Phi) is 13.3. The van der Waals surface area contributed by atoms with Crippen LogP contribution in [-0.4, -0.2) is 0 Å². The summed E-state index contributed by atoms with van der Waals surface area (Å²) in [4.78, 5) is 0. The second-order valence-electron chi connectivity index (χ2n) is 4.18. The molecule has 0 fully saturated rings. The molecule has 0 bridgehead atoms. The molecule has 1 unspecified atom stereocenters. The van der Waals surface area contributed by atoms with Crippen LogP contribution in [0.5, 0.6) is 0 Å². The van der Waals surface area contributed by atoms with Gasteiger partial charge in [0.2, 0.25) is 0 Å². The molecule has 0 saturated heterocycles. The minimum Gasteiger partial charge on any atom is -0.317 e. The summed E-state index contributed by atoms with van der Waals surface area (Å²) in [7, 11) is 0. The minimum absolute atomic E-state index is 0. The molecule has 81 valence electrons. The van der Waals surface area contributed by atoms with E-state index >= 15 is 0 Å². The molecule has 0 aromatic heterocycles. The Hall–Kier alpha value is 0.662. The van der Waals surface area contributed by atoms with E-state index in [2.05, 4.69) is 27.7 Å². The number of hydrogen-bond donors (Lipinski definition) is 0. The van der Waals surface area contributed by atoms with E-state index in [0.717, 1.165) is 5.92 Å². The van der Waals surface area contributed by atoms with E-state index in [9.17, 15) is 0 Å². The Bertz CT molecular complexity index is 89.1. The van der Waals surface area contributed by atoms with Crippen molar-refractivity contribution in [1.29, 1.82) is 0 Å². The van der Waals surface area contributed by atoms with Crippen LogP contribution in [0.25, 0.3) is 0 Å². The first-order chi connectivity index (χ1) is 5.68. The van der Waals surface area contributed by atoms with Gasteiger partial charge in [0.15, 0.2) is 0 Å². The van der Waals surface area contributed by atoms with Gasteiger partial charge in [-0.3, -0.25) is 0 Å². The first-order valence-electron chi connectivity index (χ1n) is 5.48. The molecule has 0 N–H and O–H groups in total. The number of rotatable bonds is 7. The van der Waals surface area contributed by atoms with Crippen LogP contribution in [0.3, 0.4) is 0 Å². The smallest absolute Gasteiger partial charge is 0 e. The predicted molar refractivity (Wildman–Crippen MR) is 57.1 cm³/mol. The van der Waals surface area contributed by atoms with E-state index < -0.39 is 0 Å². The fraction of sp³-hybridized carbons (Fsp3) is 0.917. The molecule has 0 aliphatic heterocycles. The first-order valence-corrected chi connectivity index (χ1v) is 5.48. The van der Waals surface area contributed by atoms with E-state index in [4.69, 9.17) is 0 Å². The van der Waals surface area contributed by atoms with Gasteiger partial charge in [0, 0.05) is 20.4 Å². The third kappa shape index (κ3) is 10.6. The van der Waals surface area contributed by atoms with Gasteiger partial charge in [-0.05, 0) is 0 Å². The predicted octanol–water partition coefficient (Wildman–Crippen LogP) is 4.59. The molecule has 0 amide bonds. The molecular formula is C12H25Re-. The van der Waals surface area contributed by atoms with Gasteiger partial charge < -0.3 is 5.92 Å². The Morgan fingerprint density at radius 1 is 1.00 bits per heavy atom. The monoisotopic (exact) mass is 356 g/mol. The van der Waals surface area contributed by atoms with Crippen molar-refractivity contribution in [3.63, 3.8) is 0 Å². The zero-order valence-corrected chi connectivity index (χ0v) is 12.4. The molecule has 0 aliphatic rings. The maximum Gasteiger partial charge on any atom is 0 e. The van der Waals surface area contributed by atoms with E-state index in [1.807, 2.05) is 0 Å². The third-order valence-corrected chi connectivity index (χ3v) is 2.73. The molecule has 1 radical (unpaired) electrons. The Labute approximate surface area is 98.5 Å². The number of unbranched alkanes of at least 4 members (excludes halogenated alkanes) is 4. The van der Waals surface area contributed by atoms with Gasteiger partial charge in [-0.1, -0.05) is 52.4 Å². The van der Waals surface area contributed by atoms with Crippen molar-refractivity contribution >= 4 is 0 Å². The van der Waals surface area contributed by atoms with Gasteiger partial charge >= 0.3 is 0 Å². The van der Waals surface area contributed by atoms with Gasteiger partial charge in [0.05, 0.1) is 0 Å². The van der Waals surface area contributed by atoms with E-state index in [0.29, 0.717) is 0 Å². The van der Waals surface area contributed by atoms with Crippen LogP contribution in [0.4, 0.5) is 0 Å². The van der Waals surface area contributed by atoms with Gasteiger partial charge in [-0.2, -0.15) is 19.8 Å². The first kappa shape index (κ1) is 16.1. The largest absolute Gasteiger partial charge is 0.317 e. The maximum absolute atomic E-state index is 2.34. The van der Waals surface area contributed by atoms with Gasteiger partial charge in [0.25, 0.3) is 0 Å². The summed E-state index contributed by atoms with van der Waals surface area (Å²) in [6.07, 6.45) is 8.47. The molecule has 0 rings (SSSR count). The van der Waals surface area contributed by atoms with Crippen molar-refractivity contribution in [3.05, 3.63) is 5.92 Å². The van der Waals surface area contributed by atoms with E-state index in [1.54, 1.807) is 5.92 Å². The van der Waals surface area contributed by atoms with Crippen LogP contribution in [0.1, 0.15) is 66.2 Å². The van der Waals surface area contributed by atoms with Crippen molar-refractivity contribution in [2.75, 3.05) is 0 Å². The second kappa shape index (κ2) is 10.7. The van der Waals surface area contributed by atoms with Crippen LogP contribution in [-0.2, 0) is 20.4 Å². The zero-order valence-electron chi connectivity index (χ0n) is 9.70. The summed E-state index contributed by atoms with van der Waals surface area (Å²) in [5.74, 6) is 2.43. The zero-order chi connectivity index (χ0) is 9.40. The van der Waals surface area contributed by atoms with Gasteiger partial charge in [0.1, 0.15) is 0 Å². The number of hydrogen-bond acceptors (Lipinski definition) is 0. The molecule has 1 atom stereocenters. The average molecular weight is 356 g/mol. The standard InChI is InChI=1S/C12H25.Re/c1-5-6-7-8-9-10-12(4)11(2)3;/h12H,5-10H2,1-4H3;/q-1;. The third-order valence-electron chi connectivity index (χ3n) is 2.73. The van der Waals surface area contributed by atoms with Gasteiger partial charge in [-0.25, -0.2) is 0 Å². The molecular weight excluding hydrogens is 330 g/mol. The Balaban J connectivity index is 0. The van der Waals surface area contributed by atoms with Crippen LogP contribution in [0.2, 0.25) is 0 Å². The summed E-state index contributed by atoms with van der Waals surface area (Å²) < 4.78 is 0. The maximum atomic E-state index is 2.34. The fourth-order valence-electron chi connectivity index (χ4n) is 1.34. The van der Waals surface area contributed by atoms with Crippen molar-refractivity contribution in [3.8, 4) is 0 Å². The normalized spacial score (nSPS) is 12.7. The van der Waals surface area contributed by atoms with Crippen LogP contribution in [0.15, 0.2) is 0 Å². The molecule has 0 aromatic carbocycles. The van der Waals surface area contributed by atoms with Crippen molar-refractivity contribution in [1.82, 2.24) is 0 Å². The molecule has 0 aromatic rings. The van der Waals surface area contributed by atoms with Crippen LogP contribution in [0, 0.1) is 11.8 Å². The molecule has 0 nitrogen and oxygen atoms in total. The Morgan fingerprint density at radius 2 is 1.54 bits per heavy atom. The molecule has 0 heterocycles. The minimum atomic E-state index is 0. The average Bonchev–Trinajstić information content (AvgIpc) is 2.03. The molecule has 13 heavy (non-hydrogen) atoms. The Morgan fingerprint density at radius 3 is 2.00 bits per heavy atom. The summed E-state index contributed by atoms with van der Waals surface area (Å²) in [6, 6.07) is 0. The van der Waals surface area contributed by atoms with Crippen molar-refractivity contribution in [2.45, 2.75) is 66.2 Å². The summed E-state index contributed by atoms with van der Waals surface area (Å²) in [5.41, 5.74) is 0. The van der Waals surface area contributed by atoms with Crippen LogP contribution >= 0.6 is 0 Å². The molecule has 0 spiro atoms. The quantitative estimate of drug-likeness (QED) is 0.463. The molecule has 0 saturated carbocycles.